The van der Waals surface area contributed by atoms with Crippen LogP contribution in [0.1, 0.15) is 27.8 Å². The second-order valence-corrected chi connectivity index (χ2v) is 5.18. The zero-order chi connectivity index (χ0) is 19.1. The van der Waals surface area contributed by atoms with Crippen molar-refractivity contribution in [2.75, 3.05) is 11.9 Å². The first kappa shape index (κ1) is 18.5. The molecule has 0 aliphatic carbocycles. The molecule has 0 bridgehead atoms. The van der Waals surface area contributed by atoms with E-state index < -0.39 is 24.3 Å². The fraction of sp³-hybridized carbons (Fsp3) is 0.111. The minimum Gasteiger partial charge on any atom is -0.459 e. The molecule has 26 heavy (non-hydrogen) atoms. The summed E-state index contributed by atoms with van der Waals surface area (Å²) in [5.41, 5.74) is 5.86. The first-order chi connectivity index (χ1) is 12.4. The van der Waals surface area contributed by atoms with Crippen LogP contribution >= 0.6 is 0 Å². The Morgan fingerprint density at radius 3 is 2.46 bits per heavy atom. The van der Waals surface area contributed by atoms with Gasteiger partial charge in [-0.05, 0) is 43.3 Å². The van der Waals surface area contributed by atoms with E-state index in [0.717, 1.165) is 0 Å². The van der Waals surface area contributed by atoms with Crippen LogP contribution in [0.25, 0.3) is 0 Å². The van der Waals surface area contributed by atoms with Crippen molar-refractivity contribution in [1.82, 2.24) is 0 Å². The lowest BCUT2D eigenvalue weighted by molar-refractivity contribution is -0.118. The third-order valence-corrected chi connectivity index (χ3v) is 3.24. The van der Waals surface area contributed by atoms with Gasteiger partial charge in [-0.1, -0.05) is 0 Å². The number of rotatable bonds is 6. The Balaban J connectivity index is 1.94. The summed E-state index contributed by atoms with van der Waals surface area (Å²) in [5.74, 6) is -1.69. The number of allylic oxidation sites excluding steroid dienone is 1. The Hall–Kier alpha value is -3.86. The molecule has 2 rings (SSSR count). The number of anilines is 1. The quantitative estimate of drug-likeness (QED) is 0.460. The molecule has 0 aliphatic heterocycles. The van der Waals surface area contributed by atoms with Gasteiger partial charge in [-0.2, -0.15) is 5.26 Å². The molecule has 1 amide bonds. The minimum absolute atomic E-state index is 0.0604. The number of hydrogen-bond donors (Lipinski definition) is 2. The summed E-state index contributed by atoms with van der Waals surface area (Å²) in [4.78, 5) is 35.5. The number of hydrogen-bond acceptors (Lipinski definition) is 7. The Labute approximate surface area is 148 Å². The van der Waals surface area contributed by atoms with E-state index in [-0.39, 0.29) is 22.6 Å². The molecule has 0 spiro atoms. The molecule has 0 saturated carbocycles. The fourth-order valence-corrected chi connectivity index (χ4v) is 1.95. The largest absolute Gasteiger partial charge is 0.459 e. The highest BCUT2D eigenvalue weighted by atomic mass is 16.5. The van der Waals surface area contributed by atoms with Crippen molar-refractivity contribution in [2.45, 2.75) is 6.92 Å². The second kappa shape index (κ2) is 8.30. The monoisotopic (exact) mass is 353 g/mol. The molecule has 8 heteroatoms. The molecule has 1 aromatic carbocycles. The first-order valence-electron chi connectivity index (χ1n) is 7.44. The third-order valence-electron chi connectivity index (χ3n) is 3.24. The molecule has 0 aliphatic rings. The molecule has 132 valence electrons. The highest BCUT2D eigenvalue weighted by Crippen LogP contribution is 2.13. The number of nitrogens with zero attached hydrogens (tertiary/aromatic N) is 1. The maximum Gasteiger partial charge on any atom is 0.338 e. The smallest absolute Gasteiger partial charge is 0.338 e. The molecule has 8 nitrogen and oxygen atoms in total. The molecule has 0 unspecified atom stereocenters. The summed E-state index contributed by atoms with van der Waals surface area (Å²) in [6.07, 6.45) is 1.38. The summed E-state index contributed by atoms with van der Waals surface area (Å²) < 4.78 is 9.85. The van der Waals surface area contributed by atoms with E-state index in [1.54, 1.807) is 12.1 Å². The molecular formula is C18H15N3O5. The zero-order valence-electron chi connectivity index (χ0n) is 13.8. The molecule has 1 aromatic heterocycles. The first-order valence-corrected chi connectivity index (χ1v) is 7.44. The number of carbonyl (C=O) groups is 3. The van der Waals surface area contributed by atoms with Crippen LogP contribution in [-0.4, -0.2) is 24.3 Å². The minimum atomic E-state index is -0.741. The lowest BCUT2D eigenvalue weighted by atomic mass is 10.1. The second-order valence-electron chi connectivity index (χ2n) is 5.18. The van der Waals surface area contributed by atoms with Crippen molar-refractivity contribution >= 4 is 23.3 Å². The van der Waals surface area contributed by atoms with Crippen LogP contribution in [0.3, 0.4) is 0 Å². The van der Waals surface area contributed by atoms with E-state index in [4.69, 9.17) is 20.1 Å². The van der Waals surface area contributed by atoms with Crippen LogP contribution < -0.4 is 11.1 Å². The van der Waals surface area contributed by atoms with E-state index in [0.29, 0.717) is 5.69 Å². The number of ketones is 1. The van der Waals surface area contributed by atoms with Gasteiger partial charge in [-0.3, -0.25) is 9.59 Å². The van der Waals surface area contributed by atoms with Crippen LogP contribution in [-0.2, 0) is 9.53 Å². The summed E-state index contributed by atoms with van der Waals surface area (Å²) in [6.45, 7) is 0.821. The zero-order valence-corrected chi connectivity index (χ0v) is 13.8. The number of Topliss-reactive ketones (excluding diaryl/α,β-unsaturated/α-hetero) is 1. The fourth-order valence-electron chi connectivity index (χ4n) is 1.95. The van der Waals surface area contributed by atoms with Crippen LogP contribution in [0.15, 0.2) is 58.3 Å². The Morgan fingerprint density at radius 2 is 1.92 bits per heavy atom. The van der Waals surface area contributed by atoms with Crippen LogP contribution in [0.5, 0.6) is 0 Å². The topological polar surface area (TPSA) is 135 Å². The van der Waals surface area contributed by atoms with Gasteiger partial charge < -0.3 is 20.2 Å². The van der Waals surface area contributed by atoms with Gasteiger partial charge in [-0.25, -0.2) is 4.79 Å². The number of nitrogens with one attached hydrogen (secondary N) is 1. The van der Waals surface area contributed by atoms with Crippen LogP contribution in [0.2, 0.25) is 0 Å². The normalized spacial score (nSPS) is 11.1. The maximum atomic E-state index is 11.9. The molecule has 3 N–H and O–H groups in total. The average molecular weight is 353 g/mol. The van der Waals surface area contributed by atoms with E-state index in [9.17, 15) is 14.4 Å². The number of carbonyl (C=O) groups excluding carboxylic acids is 3. The van der Waals surface area contributed by atoms with Gasteiger partial charge in [-0.15, -0.1) is 0 Å². The standard InChI is InChI=1S/C18H15N3O5/c1-11(20)14(9-19)15(22)10-26-18(24)12-4-6-13(7-5-12)21-17(23)16-3-2-8-25-16/h2-8H,10,20H2,1H3,(H,21,23). The predicted octanol–water partition coefficient (Wildman–Crippen LogP) is 2.01. The van der Waals surface area contributed by atoms with Crippen molar-refractivity contribution in [2.24, 2.45) is 5.73 Å². The van der Waals surface area contributed by atoms with Crippen LogP contribution in [0.4, 0.5) is 5.69 Å². The predicted molar refractivity (Wildman–Crippen MR) is 90.9 cm³/mol. The van der Waals surface area contributed by atoms with Gasteiger partial charge in [0.2, 0.25) is 5.78 Å². The number of nitrogens with two attached hydrogens (primary N) is 1. The summed E-state index contributed by atoms with van der Waals surface area (Å²) in [7, 11) is 0. The van der Waals surface area contributed by atoms with Gasteiger partial charge in [0.05, 0.1) is 11.8 Å². The number of ether oxygens (including phenoxy) is 1. The number of nitriles is 1. The van der Waals surface area contributed by atoms with Crippen molar-refractivity contribution in [3.05, 3.63) is 65.3 Å². The van der Waals surface area contributed by atoms with E-state index >= 15 is 0 Å². The Bertz CT molecular complexity index is 886. The molecule has 2 aromatic rings. The maximum absolute atomic E-state index is 11.9. The Morgan fingerprint density at radius 1 is 1.23 bits per heavy atom. The molecule has 0 saturated heterocycles. The summed E-state index contributed by atoms with van der Waals surface area (Å²) in [5, 5.41) is 11.4. The highest BCUT2D eigenvalue weighted by molar-refractivity contribution is 6.03. The van der Waals surface area contributed by atoms with E-state index in [1.165, 1.54) is 43.5 Å². The van der Waals surface area contributed by atoms with Crippen molar-refractivity contribution in [3.63, 3.8) is 0 Å². The van der Waals surface area contributed by atoms with E-state index in [2.05, 4.69) is 5.32 Å². The van der Waals surface area contributed by atoms with Gasteiger partial charge in [0.15, 0.2) is 12.4 Å². The lowest BCUT2D eigenvalue weighted by Gasteiger charge is -2.06. The Kier molecular flexibility index (Phi) is 5.90. The van der Waals surface area contributed by atoms with Gasteiger partial charge >= 0.3 is 5.97 Å². The third kappa shape index (κ3) is 4.58. The van der Waals surface area contributed by atoms with Crippen molar-refractivity contribution in [1.29, 1.82) is 5.26 Å². The molecule has 1 heterocycles. The average Bonchev–Trinajstić information content (AvgIpc) is 3.15. The highest BCUT2D eigenvalue weighted by Gasteiger charge is 2.15. The summed E-state index contributed by atoms with van der Waals surface area (Å²) in [6, 6.07) is 10.6. The number of benzene rings is 1. The van der Waals surface area contributed by atoms with Crippen LogP contribution in [0, 0.1) is 11.3 Å². The number of amides is 1. The summed E-state index contributed by atoms with van der Waals surface area (Å²) >= 11 is 0. The van der Waals surface area contributed by atoms with Gasteiger partial charge in [0, 0.05) is 11.4 Å². The van der Waals surface area contributed by atoms with Crippen molar-refractivity contribution in [3.8, 4) is 6.07 Å². The van der Waals surface area contributed by atoms with Crippen molar-refractivity contribution < 1.29 is 23.5 Å². The molecule has 0 atom stereocenters. The van der Waals surface area contributed by atoms with E-state index in [1.807, 2.05) is 0 Å². The molecule has 0 radical (unpaired) electrons. The number of furan rings is 1. The van der Waals surface area contributed by atoms with Gasteiger partial charge in [0.25, 0.3) is 5.91 Å². The molecular weight excluding hydrogens is 338 g/mol. The lowest BCUT2D eigenvalue weighted by Crippen LogP contribution is -2.17. The SMILES string of the molecule is CC(N)=C(C#N)C(=O)COC(=O)c1ccc(NC(=O)c2ccco2)cc1. The number of esters is 1. The molecule has 0 fully saturated rings. The van der Waals surface area contributed by atoms with Gasteiger partial charge in [0.1, 0.15) is 11.6 Å².